The number of rotatable bonds is 9. The van der Waals surface area contributed by atoms with Crippen molar-refractivity contribution < 1.29 is 19.1 Å². The van der Waals surface area contributed by atoms with Crippen LogP contribution in [0.1, 0.15) is 32.6 Å². The summed E-state index contributed by atoms with van der Waals surface area (Å²) < 4.78 is 9.39. The van der Waals surface area contributed by atoms with Crippen molar-refractivity contribution >= 4 is 11.9 Å². The van der Waals surface area contributed by atoms with Crippen molar-refractivity contribution in [2.75, 3.05) is 33.9 Å². The molecule has 0 N–H and O–H groups in total. The normalized spacial score (nSPS) is 10.4. The molecule has 100 valence electrons. The van der Waals surface area contributed by atoms with Gasteiger partial charge in [-0.2, -0.15) is 0 Å². The Balaban J connectivity index is 3.39. The monoisotopic (exact) mass is 245 g/mol. The third-order valence-electron chi connectivity index (χ3n) is 2.35. The Hall–Kier alpha value is -1.10. The molecule has 0 fully saturated rings. The second-order valence-electron chi connectivity index (χ2n) is 3.93. The van der Waals surface area contributed by atoms with Gasteiger partial charge in [-0.3, -0.25) is 14.5 Å². The van der Waals surface area contributed by atoms with E-state index in [4.69, 9.17) is 4.74 Å². The molecule has 0 unspecified atom stereocenters. The molecule has 0 amide bonds. The van der Waals surface area contributed by atoms with Crippen LogP contribution in [0.4, 0.5) is 0 Å². The molecule has 0 aromatic carbocycles. The van der Waals surface area contributed by atoms with Crippen LogP contribution in [0.15, 0.2) is 0 Å². The fourth-order valence-corrected chi connectivity index (χ4v) is 1.42. The average molecular weight is 245 g/mol. The first-order valence-corrected chi connectivity index (χ1v) is 6.01. The van der Waals surface area contributed by atoms with Crippen LogP contribution < -0.4 is 0 Å². The highest BCUT2D eigenvalue weighted by Crippen LogP contribution is 2.02. The molecule has 0 radical (unpaired) electrons. The van der Waals surface area contributed by atoms with Crippen LogP contribution in [-0.2, 0) is 19.1 Å². The number of likely N-dealkylation sites (N-methyl/N-ethyl adjacent to an activating group) is 1. The smallest absolute Gasteiger partial charge is 0.319 e. The van der Waals surface area contributed by atoms with E-state index < -0.39 is 0 Å². The number of ether oxygens (including phenoxy) is 2. The Labute approximate surface area is 103 Å². The summed E-state index contributed by atoms with van der Waals surface area (Å²) in [6, 6.07) is 0. The molecule has 0 aliphatic rings. The predicted molar refractivity (Wildman–Crippen MR) is 64.6 cm³/mol. The van der Waals surface area contributed by atoms with Crippen molar-refractivity contribution in [3.05, 3.63) is 0 Å². The fraction of sp³-hybridized carbons (Fsp3) is 0.833. The highest BCUT2D eigenvalue weighted by molar-refractivity contribution is 5.71. The lowest BCUT2D eigenvalue weighted by Gasteiger charge is -2.14. The maximum absolute atomic E-state index is 11.0. The van der Waals surface area contributed by atoms with Crippen LogP contribution >= 0.6 is 0 Å². The minimum absolute atomic E-state index is 0.129. The van der Waals surface area contributed by atoms with Crippen molar-refractivity contribution in [2.45, 2.75) is 32.6 Å². The van der Waals surface area contributed by atoms with E-state index in [1.165, 1.54) is 7.11 Å². The highest BCUT2D eigenvalue weighted by Gasteiger charge is 2.06. The SMILES string of the molecule is CCOC(=O)CCCCCN(C)CC(=O)OC. The number of methoxy groups -OCH3 is 1. The first-order chi connectivity index (χ1) is 8.10. The molecule has 0 aromatic heterocycles. The van der Waals surface area contributed by atoms with Gasteiger partial charge in [-0.15, -0.1) is 0 Å². The maximum Gasteiger partial charge on any atom is 0.319 e. The number of unbranched alkanes of at least 4 members (excludes halogenated alkanes) is 2. The van der Waals surface area contributed by atoms with Gasteiger partial charge in [0, 0.05) is 6.42 Å². The molecule has 0 heterocycles. The van der Waals surface area contributed by atoms with Gasteiger partial charge in [-0.25, -0.2) is 0 Å². The third kappa shape index (κ3) is 9.81. The van der Waals surface area contributed by atoms with Gasteiger partial charge in [0.25, 0.3) is 0 Å². The summed E-state index contributed by atoms with van der Waals surface area (Å²) >= 11 is 0. The molecule has 17 heavy (non-hydrogen) atoms. The van der Waals surface area contributed by atoms with Gasteiger partial charge < -0.3 is 9.47 Å². The van der Waals surface area contributed by atoms with Gasteiger partial charge in [-0.05, 0) is 33.4 Å². The Morgan fingerprint density at radius 2 is 1.82 bits per heavy atom. The highest BCUT2D eigenvalue weighted by atomic mass is 16.5. The van der Waals surface area contributed by atoms with E-state index in [1.807, 2.05) is 11.9 Å². The number of hydrogen-bond acceptors (Lipinski definition) is 5. The second-order valence-corrected chi connectivity index (χ2v) is 3.93. The van der Waals surface area contributed by atoms with Gasteiger partial charge in [0.15, 0.2) is 0 Å². The zero-order valence-electron chi connectivity index (χ0n) is 11.0. The fourth-order valence-electron chi connectivity index (χ4n) is 1.42. The molecule has 5 nitrogen and oxygen atoms in total. The van der Waals surface area contributed by atoms with Crippen LogP contribution in [0.5, 0.6) is 0 Å². The summed E-state index contributed by atoms with van der Waals surface area (Å²) in [6.07, 6.45) is 3.25. The molecule has 0 saturated carbocycles. The van der Waals surface area contributed by atoms with E-state index in [0.29, 0.717) is 19.6 Å². The summed E-state index contributed by atoms with van der Waals surface area (Å²) in [4.78, 5) is 23.9. The van der Waals surface area contributed by atoms with E-state index in [9.17, 15) is 9.59 Å². The average Bonchev–Trinajstić information content (AvgIpc) is 2.28. The van der Waals surface area contributed by atoms with Crippen molar-refractivity contribution in [1.29, 1.82) is 0 Å². The van der Waals surface area contributed by atoms with Gasteiger partial charge in [0.05, 0.1) is 20.3 Å². The predicted octanol–water partition coefficient (Wildman–Crippen LogP) is 1.21. The van der Waals surface area contributed by atoms with Crippen LogP contribution in [0.25, 0.3) is 0 Å². The number of carbonyl (C=O) groups excluding carboxylic acids is 2. The van der Waals surface area contributed by atoms with Gasteiger partial charge in [-0.1, -0.05) is 6.42 Å². The van der Waals surface area contributed by atoms with Crippen LogP contribution in [0.3, 0.4) is 0 Å². The lowest BCUT2D eigenvalue weighted by Crippen LogP contribution is -2.27. The molecule has 0 aromatic rings. The summed E-state index contributed by atoms with van der Waals surface area (Å²) in [5, 5.41) is 0. The Morgan fingerprint density at radius 3 is 2.41 bits per heavy atom. The summed E-state index contributed by atoms with van der Waals surface area (Å²) in [5.74, 6) is -0.352. The Morgan fingerprint density at radius 1 is 1.12 bits per heavy atom. The van der Waals surface area contributed by atoms with E-state index in [-0.39, 0.29) is 11.9 Å². The number of nitrogens with zero attached hydrogens (tertiary/aromatic N) is 1. The quantitative estimate of drug-likeness (QED) is 0.451. The zero-order valence-corrected chi connectivity index (χ0v) is 11.0. The van der Waals surface area contributed by atoms with Crippen molar-refractivity contribution in [1.82, 2.24) is 4.90 Å². The summed E-state index contributed by atoms with van der Waals surface area (Å²) in [5.41, 5.74) is 0. The largest absolute Gasteiger partial charge is 0.468 e. The molecule has 5 heteroatoms. The van der Waals surface area contributed by atoms with Crippen LogP contribution in [-0.4, -0.2) is 50.7 Å². The standard InChI is InChI=1S/C12H23NO4/c1-4-17-11(14)8-6-5-7-9-13(2)10-12(15)16-3/h4-10H2,1-3H3. The van der Waals surface area contributed by atoms with E-state index in [2.05, 4.69) is 4.74 Å². The first kappa shape index (κ1) is 15.9. The first-order valence-electron chi connectivity index (χ1n) is 6.01. The van der Waals surface area contributed by atoms with Crippen molar-refractivity contribution in [2.24, 2.45) is 0 Å². The molecular formula is C12H23NO4. The molecule has 0 atom stereocenters. The summed E-state index contributed by atoms with van der Waals surface area (Å²) in [7, 11) is 3.26. The van der Waals surface area contributed by atoms with Crippen LogP contribution in [0.2, 0.25) is 0 Å². The molecule has 0 aliphatic carbocycles. The Bertz CT molecular complexity index is 231. The minimum atomic E-state index is -0.223. The van der Waals surface area contributed by atoms with Crippen LogP contribution in [0, 0.1) is 0 Å². The number of carbonyl (C=O) groups is 2. The molecule has 0 saturated heterocycles. The third-order valence-corrected chi connectivity index (χ3v) is 2.35. The van der Waals surface area contributed by atoms with Gasteiger partial charge in [0.2, 0.25) is 0 Å². The molecular weight excluding hydrogens is 222 g/mol. The maximum atomic E-state index is 11.0. The second kappa shape index (κ2) is 10.1. The number of hydrogen-bond donors (Lipinski definition) is 0. The summed E-state index contributed by atoms with van der Waals surface area (Å²) in [6.45, 7) is 3.40. The lowest BCUT2D eigenvalue weighted by molar-refractivity contribution is -0.143. The van der Waals surface area contributed by atoms with Crippen molar-refractivity contribution in [3.8, 4) is 0 Å². The number of esters is 2. The topological polar surface area (TPSA) is 55.8 Å². The van der Waals surface area contributed by atoms with Crippen molar-refractivity contribution in [3.63, 3.8) is 0 Å². The lowest BCUT2D eigenvalue weighted by atomic mass is 10.2. The Kier molecular flexibility index (Phi) is 9.43. The molecule has 0 aliphatic heterocycles. The van der Waals surface area contributed by atoms with Gasteiger partial charge >= 0.3 is 11.9 Å². The van der Waals surface area contributed by atoms with E-state index >= 15 is 0 Å². The molecule has 0 bridgehead atoms. The molecule has 0 spiro atoms. The van der Waals surface area contributed by atoms with Gasteiger partial charge in [0.1, 0.15) is 0 Å². The minimum Gasteiger partial charge on any atom is -0.468 e. The molecule has 0 rings (SSSR count). The zero-order chi connectivity index (χ0) is 13.1. The van der Waals surface area contributed by atoms with E-state index in [0.717, 1.165) is 25.8 Å². The van der Waals surface area contributed by atoms with E-state index in [1.54, 1.807) is 6.92 Å².